The van der Waals surface area contributed by atoms with Crippen LogP contribution < -0.4 is 11.5 Å². The van der Waals surface area contributed by atoms with E-state index in [1.807, 2.05) is 18.2 Å². The average molecular weight is 331 g/mol. The minimum Gasteiger partial charge on any atom is -0.370 e. The van der Waals surface area contributed by atoms with Crippen molar-refractivity contribution in [3.63, 3.8) is 0 Å². The third-order valence-corrected chi connectivity index (χ3v) is 4.34. The molecule has 0 heterocycles. The molecule has 21 heavy (non-hydrogen) atoms. The Morgan fingerprint density at radius 3 is 2.38 bits per heavy atom. The molecule has 0 unspecified atom stereocenters. The van der Waals surface area contributed by atoms with Crippen molar-refractivity contribution in [3.05, 3.63) is 33.8 Å². The summed E-state index contributed by atoms with van der Waals surface area (Å²) in [4.78, 5) is 6.54. The fourth-order valence-corrected chi connectivity index (χ4v) is 2.53. The molecule has 118 valence electrons. The minimum atomic E-state index is 0.114. The highest BCUT2D eigenvalue weighted by molar-refractivity contribution is 6.42. The normalized spacial score (nSPS) is 12.4. The summed E-state index contributed by atoms with van der Waals surface area (Å²) in [5.41, 5.74) is 12.0. The fourth-order valence-electron chi connectivity index (χ4n) is 2.22. The van der Waals surface area contributed by atoms with Crippen LogP contribution in [0.15, 0.2) is 23.2 Å². The summed E-state index contributed by atoms with van der Waals surface area (Å²) in [6.45, 7) is 7.95. The second-order valence-electron chi connectivity index (χ2n) is 4.95. The highest BCUT2D eigenvalue weighted by atomic mass is 35.5. The van der Waals surface area contributed by atoms with Gasteiger partial charge in [0.25, 0.3) is 0 Å². The zero-order valence-electron chi connectivity index (χ0n) is 12.6. The van der Waals surface area contributed by atoms with Gasteiger partial charge in [-0.15, -0.1) is 0 Å². The molecule has 0 amide bonds. The van der Waals surface area contributed by atoms with Crippen molar-refractivity contribution in [3.8, 4) is 0 Å². The van der Waals surface area contributed by atoms with Crippen LogP contribution in [-0.4, -0.2) is 37.0 Å². The maximum atomic E-state index is 6.11. The van der Waals surface area contributed by atoms with Gasteiger partial charge in [-0.3, -0.25) is 4.99 Å². The van der Waals surface area contributed by atoms with E-state index >= 15 is 0 Å². The molecule has 4 nitrogen and oxygen atoms in total. The number of hydrogen-bond donors (Lipinski definition) is 2. The zero-order chi connectivity index (χ0) is 15.8. The van der Waals surface area contributed by atoms with Gasteiger partial charge in [-0.05, 0) is 43.8 Å². The lowest BCUT2D eigenvalue weighted by atomic mass is 9.95. The van der Waals surface area contributed by atoms with Crippen LogP contribution >= 0.6 is 23.2 Å². The molecule has 1 rings (SSSR count). The van der Waals surface area contributed by atoms with Gasteiger partial charge in [0, 0.05) is 12.5 Å². The maximum absolute atomic E-state index is 6.11. The number of rotatable bonds is 8. The second kappa shape index (κ2) is 9.13. The molecule has 1 atom stereocenters. The predicted octanol–water partition coefficient (Wildman–Crippen LogP) is 3.08. The fraction of sp³-hybridized carbons (Fsp3) is 0.533. The van der Waals surface area contributed by atoms with Crippen LogP contribution in [0, 0.1) is 0 Å². The van der Waals surface area contributed by atoms with E-state index < -0.39 is 0 Å². The smallest absolute Gasteiger partial charge is 0.185 e. The molecule has 0 aliphatic carbocycles. The van der Waals surface area contributed by atoms with Gasteiger partial charge in [0.2, 0.25) is 0 Å². The quantitative estimate of drug-likeness (QED) is 0.568. The lowest BCUT2D eigenvalue weighted by Crippen LogP contribution is -2.27. The Balaban J connectivity index is 2.85. The number of nitrogens with two attached hydrogens (primary N) is 2. The number of nitrogens with zero attached hydrogens (tertiary/aromatic N) is 2. The summed E-state index contributed by atoms with van der Waals surface area (Å²) in [5, 5.41) is 1.12. The lowest BCUT2D eigenvalue weighted by Gasteiger charge is -2.22. The van der Waals surface area contributed by atoms with E-state index in [0.717, 1.165) is 31.6 Å². The topological polar surface area (TPSA) is 67.6 Å². The molecule has 0 fully saturated rings. The van der Waals surface area contributed by atoms with Crippen molar-refractivity contribution >= 4 is 29.2 Å². The molecule has 0 bridgehead atoms. The van der Waals surface area contributed by atoms with E-state index in [4.69, 9.17) is 34.7 Å². The van der Waals surface area contributed by atoms with Gasteiger partial charge in [-0.1, -0.05) is 43.1 Å². The number of guanidine groups is 1. The van der Waals surface area contributed by atoms with E-state index in [0.29, 0.717) is 16.6 Å². The van der Waals surface area contributed by atoms with Crippen molar-refractivity contribution in [2.45, 2.75) is 26.2 Å². The maximum Gasteiger partial charge on any atom is 0.185 e. The predicted molar refractivity (Wildman–Crippen MR) is 92.3 cm³/mol. The number of aliphatic imine (C=N–C) groups is 1. The van der Waals surface area contributed by atoms with Crippen molar-refractivity contribution in [2.75, 3.05) is 26.2 Å². The summed E-state index contributed by atoms with van der Waals surface area (Å²) in [6.07, 6.45) is 0.969. The molecular formula is C15H24Cl2N4. The molecule has 0 aliphatic heterocycles. The van der Waals surface area contributed by atoms with Gasteiger partial charge in [0.05, 0.1) is 10.0 Å². The number of benzene rings is 1. The summed E-state index contributed by atoms with van der Waals surface area (Å²) >= 11 is 12.1. The Hall–Kier alpha value is -0.970. The second-order valence-corrected chi connectivity index (χ2v) is 5.77. The van der Waals surface area contributed by atoms with E-state index in [2.05, 4.69) is 23.7 Å². The third-order valence-electron chi connectivity index (χ3n) is 3.60. The van der Waals surface area contributed by atoms with Gasteiger partial charge in [-0.25, -0.2) is 0 Å². The highest BCUT2D eigenvalue weighted by Crippen LogP contribution is 2.28. The van der Waals surface area contributed by atoms with E-state index in [1.54, 1.807) is 0 Å². The molecule has 0 spiro atoms. The van der Waals surface area contributed by atoms with Crippen molar-refractivity contribution < 1.29 is 0 Å². The molecule has 0 aliphatic rings. The SMILES string of the molecule is CCN(CC)CC[C@@H](CN=C(N)N)c1ccc(Cl)c(Cl)c1. The first-order valence-corrected chi connectivity index (χ1v) is 7.96. The highest BCUT2D eigenvalue weighted by Gasteiger charge is 2.14. The van der Waals surface area contributed by atoms with Gasteiger partial charge < -0.3 is 16.4 Å². The van der Waals surface area contributed by atoms with Gasteiger partial charge >= 0.3 is 0 Å². The summed E-state index contributed by atoms with van der Waals surface area (Å²) in [7, 11) is 0. The van der Waals surface area contributed by atoms with Crippen LogP contribution in [0.3, 0.4) is 0 Å². The van der Waals surface area contributed by atoms with E-state index in [-0.39, 0.29) is 11.9 Å². The molecule has 4 N–H and O–H groups in total. The minimum absolute atomic E-state index is 0.114. The van der Waals surface area contributed by atoms with Crippen molar-refractivity contribution in [2.24, 2.45) is 16.5 Å². The van der Waals surface area contributed by atoms with Crippen molar-refractivity contribution in [1.82, 2.24) is 4.90 Å². The number of hydrogen-bond acceptors (Lipinski definition) is 2. The first-order valence-electron chi connectivity index (χ1n) is 7.20. The monoisotopic (exact) mass is 330 g/mol. The van der Waals surface area contributed by atoms with Crippen LogP contribution in [0.1, 0.15) is 31.7 Å². The molecular weight excluding hydrogens is 307 g/mol. The molecule has 1 aromatic rings. The van der Waals surface area contributed by atoms with E-state index in [9.17, 15) is 0 Å². The summed E-state index contributed by atoms with van der Waals surface area (Å²) in [6, 6.07) is 5.71. The van der Waals surface area contributed by atoms with Crippen LogP contribution in [-0.2, 0) is 0 Å². The van der Waals surface area contributed by atoms with Crippen molar-refractivity contribution in [1.29, 1.82) is 0 Å². The van der Waals surface area contributed by atoms with Gasteiger partial charge in [0.15, 0.2) is 5.96 Å². The molecule has 0 aromatic heterocycles. The summed E-state index contributed by atoms with van der Waals surface area (Å²) in [5.74, 6) is 0.338. The van der Waals surface area contributed by atoms with Gasteiger partial charge in [-0.2, -0.15) is 0 Å². The van der Waals surface area contributed by atoms with Crippen LogP contribution in [0.5, 0.6) is 0 Å². The number of halogens is 2. The lowest BCUT2D eigenvalue weighted by molar-refractivity contribution is 0.291. The molecule has 0 radical (unpaired) electrons. The molecule has 0 saturated carbocycles. The molecule has 1 aromatic carbocycles. The first-order chi connectivity index (χ1) is 9.97. The summed E-state index contributed by atoms with van der Waals surface area (Å²) < 4.78 is 0. The Morgan fingerprint density at radius 2 is 1.86 bits per heavy atom. The standard InChI is InChI=1S/C15H24Cl2N4/c1-3-21(4-2)8-7-12(10-20-15(18)19)11-5-6-13(16)14(17)9-11/h5-6,9,12H,3-4,7-8,10H2,1-2H3,(H4,18,19,20)/t12-/m0/s1. The third kappa shape index (κ3) is 6.12. The van der Waals surface area contributed by atoms with E-state index in [1.165, 1.54) is 0 Å². The Bertz CT molecular complexity index is 469. The zero-order valence-corrected chi connectivity index (χ0v) is 14.2. The van der Waals surface area contributed by atoms with Gasteiger partial charge in [0.1, 0.15) is 0 Å². The average Bonchev–Trinajstić information content (AvgIpc) is 2.46. The van der Waals surface area contributed by atoms with Crippen LogP contribution in [0.25, 0.3) is 0 Å². The van der Waals surface area contributed by atoms with Crippen LogP contribution in [0.2, 0.25) is 10.0 Å². The Morgan fingerprint density at radius 1 is 1.19 bits per heavy atom. The molecule has 0 saturated heterocycles. The molecule has 6 heteroatoms. The Labute approximate surface area is 137 Å². The largest absolute Gasteiger partial charge is 0.370 e. The Kier molecular flexibility index (Phi) is 7.86. The van der Waals surface area contributed by atoms with Crippen LogP contribution in [0.4, 0.5) is 0 Å². The first kappa shape index (κ1) is 18.1.